The summed E-state index contributed by atoms with van der Waals surface area (Å²) in [5.74, 6) is -0.126. The maximum Gasteiger partial charge on any atom is 0.229 e. The Morgan fingerprint density at radius 3 is 2.90 bits per heavy atom. The van der Waals surface area contributed by atoms with Crippen molar-refractivity contribution in [2.75, 3.05) is 26.0 Å². The van der Waals surface area contributed by atoms with Gasteiger partial charge >= 0.3 is 0 Å². The van der Waals surface area contributed by atoms with Crippen LogP contribution < -0.4 is 10.6 Å². The van der Waals surface area contributed by atoms with E-state index in [1.54, 1.807) is 0 Å². The molecule has 1 aliphatic rings. The van der Waals surface area contributed by atoms with Crippen molar-refractivity contribution >= 4 is 17.5 Å². The van der Waals surface area contributed by atoms with Crippen LogP contribution in [0.1, 0.15) is 18.4 Å². The van der Waals surface area contributed by atoms with Gasteiger partial charge in [0.1, 0.15) is 0 Å². The van der Waals surface area contributed by atoms with E-state index in [0.29, 0.717) is 19.4 Å². The molecule has 1 aromatic rings. The Morgan fingerprint density at radius 1 is 1.45 bits per heavy atom. The van der Waals surface area contributed by atoms with E-state index in [4.69, 9.17) is 0 Å². The Bertz CT molecular complexity index is 490. The maximum atomic E-state index is 12.1. The molecule has 0 aromatic heterocycles. The molecule has 2 rings (SSSR count). The van der Waals surface area contributed by atoms with Crippen LogP contribution in [0.3, 0.4) is 0 Å². The second-order valence-corrected chi connectivity index (χ2v) is 5.47. The van der Waals surface area contributed by atoms with Crippen LogP contribution >= 0.6 is 0 Å². The van der Waals surface area contributed by atoms with Crippen LogP contribution in [-0.2, 0) is 16.1 Å². The third-order valence-corrected chi connectivity index (χ3v) is 3.33. The van der Waals surface area contributed by atoms with E-state index >= 15 is 0 Å². The van der Waals surface area contributed by atoms with Gasteiger partial charge in [0.25, 0.3) is 0 Å². The molecule has 1 aromatic carbocycles. The van der Waals surface area contributed by atoms with Gasteiger partial charge in [-0.15, -0.1) is 0 Å². The summed E-state index contributed by atoms with van der Waals surface area (Å²) in [4.78, 5) is 25.3. The number of carbonyl (C=O) groups excluding carboxylic acids is 2. The molecule has 1 atom stereocenters. The standard InChI is InChI=1S/C15H21N3O2/c1-18(2)10-11-4-3-5-13(8-11)17-15(20)12-6-7-14(19)16-9-12/h3-5,8,12H,6-7,9-10H2,1-2H3,(H,16,19)(H,17,20). The lowest BCUT2D eigenvalue weighted by Gasteiger charge is -2.21. The molecule has 0 bridgehead atoms. The fourth-order valence-electron chi connectivity index (χ4n) is 2.31. The van der Waals surface area contributed by atoms with E-state index in [-0.39, 0.29) is 17.7 Å². The van der Waals surface area contributed by atoms with Crippen LogP contribution in [0.2, 0.25) is 0 Å². The molecule has 5 nitrogen and oxygen atoms in total. The zero-order valence-electron chi connectivity index (χ0n) is 12.0. The molecule has 5 heteroatoms. The SMILES string of the molecule is CN(C)Cc1cccc(NC(=O)C2CCC(=O)NC2)c1. The number of rotatable bonds is 4. The molecule has 1 aliphatic heterocycles. The van der Waals surface area contributed by atoms with Gasteiger partial charge in [-0.25, -0.2) is 0 Å². The largest absolute Gasteiger partial charge is 0.355 e. The van der Waals surface area contributed by atoms with Gasteiger partial charge < -0.3 is 15.5 Å². The Hall–Kier alpha value is -1.88. The molecule has 1 unspecified atom stereocenters. The van der Waals surface area contributed by atoms with Crippen molar-refractivity contribution in [1.29, 1.82) is 0 Å². The van der Waals surface area contributed by atoms with E-state index in [0.717, 1.165) is 17.8 Å². The van der Waals surface area contributed by atoms with Gasteiger partial charge in [0, 0.05) is 25.2 Å². The van der Waals surface area contributed by atoms with Crippen LogP contribution in [0.5, 0.6) is 0 Å². The highest BCUT2D eigenvalue weighted by atomic mass is 16.2. The highest BCUT2D eigenvalue weighted by Gasteiger charge is 2.24. The minimum Gasteiger partial charge on any atom is -0.355 e. The van der Waals surface area contributed by atoms with Crippen molar-refractivity contribution in [1.82, 2.24) is 10.2 Å². The van der Waals surface area contributed by atoms with E-state index in [1.165, 1.54) is 0 Å². The summed E-state index contributed by atoms with van der Waals surface area (Å²) in [6.45, 7) is 1.27. The lowest BCUT2D eigenvalue weighted by atomic mass is 9.98. The number of piperidine rings is 1. The van der Waals surface area contributed by atoms with Crippen LogP contribution in [0.25, 0.3) is 0 Å². The number of anilines is 1. The van der Waals surface area contributed by atoms with Crippen LogP contribution in [0, 0.1) is 5.92 Å². The zero-order valence-corrected chi connectivity index (χ0v) is 12.0. The molecule has 0 spiro atoms. The molecule has 1 heterocycles. The van der Waals surface area contributed by atoms with E-state index in [1.807, 2.05) is 38.4 Å². The molecule has 108 valence electrons. The van der Waals surface area contributed by atoms with Gasteiger partial charge in [0.2, 0.25) is 11.8 Å². The van der Waals surface area contributed by atoms with Crippen molar-refractivity contribution in [3.63, 3.8) is 0 Å². The molecule has 0 saturated carbocycles. The highest BCUT2D eigenvalue weighted by Crippen LogP contribution is 2.16. The Morgan fingerprint density at radius 2 is 2.25 bits per heavy atom. The van der Waals surface area contributed by atoms with Crippen LogP contribution in [-0.4, -0.2) is 37.4 Å². The van der Waals surface area contributed by atoms with Crippen LogP contribution in [0.4, 0.5) is 5.69 Å². The number of carbonyl (C=O) groups is 2. The smallest absolute Gasteiger partial charge is 0.229 e. The van der Waals surface area contributed by atoms with Gasteiger partial charge in [0.05, 0.1) is 5.92 Å². The topological polar surface area (TPSA) is 61.4 Å². The van der Waals surface area contributed by atoms with Crippen molar-refractivity contribution < 1.29 is 9.59 Å². The molecule has 1 fully saturated rings. The highest BCUT2D eigenvalue weighted by molar-refractivity contribution is 5.94. The first-order chi connectivity index (χ1) is 9.54. The second-order valence-electron chi connectivity index (χ2n) is 5.47. The van der Waals surface area contributed by atoms with Gasteiger partial charge in [0.15, 0.2) is 0 Å². The number of hydrogen-bond donors (Lipinski definition) is 2. The first-order valence-electron chi connectivity index (χ1n) is 6.86. The summed E-state index contributed by atoms with van der Waals surface area (Å²) in [5.41, 5.74) is 1.97. The number of benzene rings is 1. The van der Waals surface area contributed by atoms with Crippen molar-refractivity contribution in [3.05, 3.63) is 29.8 Å². The number of nitrogens with zero attached hydrogens (tertiary/aromatic N) is 1. The first-order valence-corrected chi connectivity index (χ1v) is 6.86. The fraction of sp³-hybridized carbons (Fsp3) is 0.467. The predicted octanol–water partition coefficient (Wildman–Crippen LogP) is 1.21. The van der Waals surface area contributed by atoms with E-state index < -0.39 is 0 Å². The fourth-order valence-corrected chi connectivity index (χ4v) is 2.31. The average molecular weight is 275 g/mol. The number of hydrogen-bond acceptors (Lipinski definition) is 3. The Labute approximate surface area is 119 Å². The molecular weight excluding hydrogens is 254 g/mol. The van der Waals surface area contributed by atoms with Gasteiger partial charge in [-0.3, -0.25) is 9.59 Å². The molecule has 2 N–H and O–H groups in total. The summed E-state index contributed by atoms with van der Waals surface area (Å²) in [6, 6.07) is 7.85. The summed E-state index contributed by atoms with van der Waals surface area (Å²) in [6.07, 6.45) is 1.05. The molecule has 0 radical (unpaired) electrons. The van der Waals surface area contributed by atoms with Crippen molar-refractivity contribution in [3.8, 4) is 0 Å². The minimum atomic E-state index is -0.134. The third-order valence-electron chi connectivity index (χ3n) is 3.33. The molecule has 0 aliphatic carbocycles. The Kier molecular flexibility index (Phi) is 4.74. The summed E-state index contributed by atoms with van der Waals surface area (Å²) in [5, 5.41) is 5.66. The molecule has 2 amide bonds. The van der Waals surface area contributed by atoms with Gasteiger partial charge in [-0.05, 0) is 38.2 Å². The predicted molar refractivity (Wildman–Crippen MR) is 78.2 cm³/mol. The lowest BCUT2D eigenvalue weighted by molar-refractivity contribution is -0.126. The molecular formula is C15H21N3O2. The first kappa shape index (κ1) is 14.5. The normalized spacial score (nSPS) is 18.8. The summed E-state index contributed by atoms with van der Waals surface area (Å²) < 4.78 is 0. The van der Waals surface area contributed by atoms with E-state index in [2.05, 4.69) is 15.5 Å². The maximum absolute atomic E-state index is 12.1. The van der Waals surface area contributed by atoms with Gasteiger partial charge in [-0.1, -0.05) is 12.1 Å². The summed E-state index contributed by atoms with van der Waals surface area (Å²) in [7, 11) is 4.02. The monoisotopic (exact) mass is 275 g/mol. The molecule has 20 heavy (non-hydrogen) atoms. The third kappa shape index (κ3) is 4.06. The lowest BCUT2D eigenvalue weighted by Crippen LogP contribution is -2.40. The quantitative estimate of drug-likeness (QED) is 0.868. The van der Waals surface area contributed by atoms with E-state index in [9.17, 15) is 9.59 Å². The average Bonchev–Trinajstić information content (AvgIpc) is 2.39. The summed E-state index contributed by atoms with van der Waals surface area (Å²) >= 11 is 0. The molecule has 1 saturated heterocycles. The number of amides is 2. The second kappa shape index (κ2) is 6.52. The Balaban J connectivity index is 1.95. The van der Waals surface area contributed by atoms with Crippen molar-refractivity contribution in [2.45, 2.75) is 19.4 Å². The van der Waals surface area contributed by atoms with Gasteiger partial charge in [-0.2, -0.15) is 0 Å². The minimum absolute atomic E-state index is 0.0213. The van der Waals surface area contributed by atoms with Crippen molar-refractivity contribution in [2.24, 2.45) is 5.92 Å². The van der Waals surface area contributed by atoms with Crippen LogP contribution in [0.15, 0.2) is 24.3 Å². The number of nitrogens with one attached hydrogen (secondary N) is 2. The zero-order chi connectivity index (χ0) is 14.5.